The molecule has 0 aliphatic heterocycles. The van der Waals surface area contributed by atoms with E-state index in [1.165, 1.54) is 16.1 Å². The van der Waals surface area contributed by atoms with Crippen LogP contribution in [0.15, 0.2) is 36.0 Å². The minimum atomic E-state index is 0.891. The molecule has 0 fully saturated rings. The lowest BCUT2D eigenvalue weighted by molar-refractivity contribution is 0.700. The van der Waals surface area contributed by atoms with Gasteiger partial charge in [-0.15, -0.1) is 11.3 Å². The lowest BCUT2D eigenvalue weighted by Crippen LogP contribution is -2.21. The average molecular weight is 275 g/mol. The first-order chi connectivity index (χ1) is 9.33. The third-order valence-corrected chi connectivity index (χ3v) is 3.96. The summed E-state index contributed by atoms with van der Waals surface area (Å²) in [4.78, 5) is 7.70. The zero-order valence-corrected chi connectivity index (χ0v) is 12.4. The van der Waals surface area contributed by atoms with Gasteiger partial charge in [0.05, 0.1) is 5.51 Å². The minimum Gasteiger partial charge on any atom is -0.372 e. The largest absolute Gasteiger partial charge is 0.372 e. The van der Waals surface area contributed by atoms with Crippen LogP contribution in [-0.2, 0) is 13.1 Å². The Hall–Kier alpha value is -1.39. The Balaban J connectivity index is 1.84. The predicted octanol–water partition coefficient (Wildman–Crippen LogP) is 3.28. The molecule has 0 saturated heterocycles. The molecule has 0 aliphatic rings. The van der Waals surface area contributed by atoms with Crippen molar-refractivity contribution in [1.82, 2.24) is 10.3 Å². The first kappa shape index (κ1) is 14.0. The standard InChI is InChI=1S/C15H21N3S/c1-3-18(4-2)14-7-5-13(6-8-14)9-16-10-15-11-17-12-19-15/h5-8,11-12,16H,3-4,9-10H2,1-2H3. The Morgan fingerprint density at radius 1 is 1.11 bits per heavy atom. The van der Waals surface area contributed by atoms with E-state index in [4.69, 9.17) is 0 Å². The van der Waals surface area contributed by atoms with Crippen molar-refractivity contribution in [1.29, 1.82) is 0 Å². The van der Waals surface area contributed by atoms with Crippen molar-refractivity contribution in [2.45, 2.75) is 26.9 Å². The fourth-order valence-electron chi connectivity index (χ4n) is 2.07. The van der Waals surface area contributed by atoms with Crippen LogP contribution in [0.3, 0.4) is 0 Å². The van der Waals surface area contributed by atoms with Gasteiger partial charge in [-0.1, -0.05) is 12.1 Å². The summed E-state index contributed by atoms with van der Waals surface area (Å²) in [5, 5.41) is 3.44. The van der Waals surface area contributed by atoms with E-state index in [1.807, 2.05) is 11.7 Å². The molecule has 0 bridgehead atoms. The van der Waals surface area contributed by atoms with Crippen molar-refractivity contribution in [3.8, 4) is 0 Å². The van der Waals surface area contributed by atoms with Crippen LogP contribution < -0.4 is 10.2 Å². The number of nitrogens with one attached hydrogen (secondary N) is 1. The first-order valence-electron chi connectivity index (χ1n) is 6.75. The van der Waals surface area contributed by atoms with Gasteiger partial charge in [-0.25, -0.2) is 0 Å². The summed E-state index contributed by atoms with van der Waals surface area (Å²) < 4.78 is 0. The second-order valence-electron chi connectivity index (χ2n) is 4.41. The minimum absolute atomic E-state index is 0.891. The molecule has 2 aromatic rings. The highest BCUT2D eigenvalue weighted by atomic mass is 32.1. The normalized spacial score (nSPS) is 10.6. The molecule has 1 heterocycles. The number of aromatic nitrogens is 1. The van der Waals surface area contributed by atoms with Crippen LogP contribution in [0.25, 0.3) is 0 Å². The molecule has 3 nitrogen and oxygen atoms in total. The van der Waals surface area contributed by atoms with Crippen LogP contribution in [0.4, 0.5) is 5.69 Å². The van der Waals surface area contributed by atoms with Crippen molar-refractivity contribution in [3.63, 3.8) is 0 Å². The second kappa shape index (κ2) is 7.26. The lowest BCUT2D eigenvalue weighted by Gasteiger charge is -2.21. The molecule has 0 amide bonds. The van der Waals surface area contributed by atoms with Crippen LogP contribution >= 0.6 is 11.3 Å². The van der Waals surface area contributed by atoms with E-state index < -0.39 is 0 Å². The van der Waals surface area contributed by atoms with E-state index >= 15 is 0 Å². The van der Waals surface area contributed by atoms with Gasteiger partial charge in [0.15, 0.2) is 0 Å². The molecule has 0 radical (unpaired) electrons. The molecule has 0 spiro atoms. The molecular formula is C15H21N3S. The zero-order chi connectivity index (χ0) is 13.5. The summed E-state index contributed by atoms with van der Waals surface area (Å²) in [7, 11) is 0. The molecule has 102 valence electrons. The Bertz CT molecular complexity index is 461. The van der Waals surface area contributed by atoms with Gasteiger partial charge in [-0.05, 0) is 31.5 Å². The van der Waals surface area contributed by atoms with Crippen LogP contribution in [0, 0.1) is 0 Å². The Kier molecular flexibility index (Phi) is 5.36. The number of nitrogens with zero attached hydrogens (tertiary/aromatic N) is 2. The second-order valence-corrected chi connectivity index (χ2v) is 5.38. The molecule has 0 atom stereocenters. The topological polar surface area (TPSA) is 28.2 Å². The van der Waals surface area contributed by atoms with Crippen LogP contribution in [0.2, 0.25) is 0 Å². The van der Waals surface area contributed by atoms with Gasteiger partial charge in [-0.2, -0.15) is 0 Å². The van der Waals surface area contributed by atoms with E-state index in [0.29, 0.717) is 0 Å². The quantitative estimate of drug-likeness (QED) is 0.840. The van der Waals surface area contributed by atoms with E-state index in [-0.39, 0.29) is 0 Å². The third kappa shape index (κ3) is 4.04. The SMILES string of the molecule is CCN(CC)c1ccc(CNCc2cncs2)cc1. The monoisotopic (exact) mass is 275 g/mol. The predicted molar refractivity (Wildman–Crippen MR) is 82.7 cm³/mol. The van der Waals surface area contributed by atoms with Crippen molar-refractivity contribution < 1.29 is 0 Å². The van der Waals surface area contributed by atoms with Gasteiger partial charge < -0.3 is 10.2 Å². The van der Waals surface area contributed by atoms with Crippen LogP contribution in [0.1, 0.15) is 24.3 Å². The molecule has 0 saturated carbocycles. The van der Waals surface area contributed by atoms with Gasteiger partial charge >= 0.3 is 0 Å². The molecule has 1 N–H and O–H groups in total. The molecule has 1 aromatic heterocycles. The first-order valence-corrected chi connectivity index (χ1v) is 7.63. The van der Waals surface area contributed by atoms with Crippen molar-refractivity contribution in [2.75, 3.05) is 18.0 Å². The Morgan fingerprint density at radius 2 is 1.84 bits per heavy atom. The number of hydrogen-bond acceptors (Lipinski definition) is 4. The van der Waals surface area contributed by atoms with Crippen LogP contribution in [0.5, 0.6) is 0 Å². The molecule has 0 unspecified atom stereocenters. The van der Waals surface area contributed by atoms with E-state index in [2.05, 4.69) is 53.3 Å². The molecule has 4 heteroatoms. The number of benzene rings is 1. The zero-order valence-electron chi connectivity index (χ0n) is 11.6. The summed E-state index contributed by atoms with van der Waals surface area (Å²) in [6.45, 7) is 8.28. The maximum Gasteiger partial charge on any atom is 0.0794 e. The third-order valence-electron chi connectivity index (χ3n) is 3.18. The van der Waals surface area contributed by atoms with E-state index in [9.17, 15) is 0 Å². The summed E-state index contributed by atoms with van der Waals surface area (Å²) >= 11 is 1.69. The number of rotatable bonds is 7. The fraction of sp³-hybridized carbons (Fsp3) is 0.400. The summed E-state index contributed by atoms with van der Waals surface area (Å²) in [5.74, 6) is 0. The van der Waals surface area contributed by atoms with Gasteiger partial charge in [0.25, 0.3) is 0 Å². The van der Waals surface area contributed by atoms with Gasteiger partial charge in [0.2, 0.25) is 0 Å². The van der Waals surface area contributed by atoms with Crippen LogP contribution in [-0.4, -0.2) is 18.1 Å². The smallest absolute Gasteiger partial charge is 0.0794 e. The maximum atomic E-state index is 4.07. The maximum absolute atomic E-state index is 4.07. The molecular weight excluding hydrogens is 254 g/mol. The summed E-state index contributed by atoms with van der Waals surface area (Å²) in [6.07, 6.45) is 1.92. The van der Waals surface area contributed by atoms with Crippen molar-refractivity contribution in [3.05, 3.63) is 46.4 Å². The molecule has 0 aliphatic carbocycles. The molecule has 1 aromatic carbocycles. The Morgan fingerprint density at radius 3 is 2.42 bits per heavy atom. The highest BCUT2D eigenvalue weighted by molar-refractivity contribution is 7.09. The van der Waals surface area contributed by atoms with Gasteiger partial charge in [0, 0.05) is 42.9 Å². The highest BCUT2D eigenvalue weighted by Gasteiger charge is 2.01. The lowest BCUT2D eigenvalue weighted by atomic mass is 10.2. The van der Waals surface area contributed by atoms with Crippen molar-refractivity contribution in [2.24, 2.45) is 0 Å². The Labute approximate surface area is 119 Å². The van der Waals surface area contributed by atoms with Gasteiger partial charge in [0.1, 0.15) is 0 Å². The number of hydrogen-bond donors (Lipinski definition) is 1. The number of anilines is 1. The fourth-order valence-corrected chi connectivity index (χ4v) is 2.64. The summed E-state index contributed by atoms with van der Waals surface area (Å²) in [5.41, 5.74) is 4.49. The highest BCUT2D eigenvalue weighted by Crippen LogP contribution is 2.15. The average Bonchev–Trinajstić information content (AvgIpc) is 2.95. The van der Waals surface area contributed by atoms with Crippen molar-refractivity contribution >= 4 is 17.0 Å². The molecule has 19 heavy (non-hydrogen) atoms. The number of thiazole rings is 1. The van der Waals surface area contributed by atoms with E-state index in [1.54, 1.807) is 11.3 Å². The van der Waals surface area contributed by atoms with Gasteiger partial charge in [-0.3, -0.25) is 4.98 Å². The summed E-state index contributed by atoms with van der Waals surface area (Å²) in [6, 6.07) is 8.81. The van der Waals surface area contributed by atoms with E-state index in [0.717, 1.165) is 26.2 Å². The molecule has 2 rings (SSSR count).